The van der Waals surface area contributed by atoms with Crippen LogP contribution in [0.5, 0.6) is 0 Å². The SMILES string of the molecule is CCc1ccc(C(=O)OC)c([N+](=O)[O-])c1C#N. The Hall–Kier alpha value is -2.42. The second-order valence-corrected chi connectivity index (χ2v) is 3.21. The Morgan fingerprint density at radius 3 is 2.65 bits per heavy atom. The van der Waals surface area contributed by atoms with Gasteiger partial charge in [0.25, 0.3) is 0 Å². The van der Waals surface area contributed by atoms with E-state index in [0.29, 0.717) is 12.0 Å². The Labute approximate surface area is 97.6 Å². The third kappa shape index (κ3) is 2.23. The number of methoxy groups -OCH3 is 1. The van der Waals surface area contributed by atoms with Gasteiger partial charge >= 0.3 is 11.7 Å². The smallest absolute Gasteiger partial charge is 0.344 e. The summed E-state index contributed by atoms with van der Waals surface area (Å²) in [6.45, 7) is 1.78. The lowest BCUT2D eigenvalue weighted by Crippen LogP contribution is -2.08. The molecule has 6 nitrogen and oxygen atoms in total. The molecule has 88 valence electrons. The lowest BCUT2D eigenvalue weighted by Gasteiger charge is -2.05. The van der Waals surface area contributed by atoms with E-state index in [4.69, 9.17) is 5.26 Å². The third-order valence-electron chi connectivity index (χ3n) is 2.34. The molecule has 0 amide bonds. The Balaban J connectivity index is 3.60. The number of hydrogen-bond donors (Lipinski definition) is 0. The minimum atomic E-state index is -0.823. The van der Waals surface area contributed by atoms with E-state index in [-0.39, 0.29) is 11.1 Å². The third-order valence-corrected chi connectivity index (χ3v) is 2.34. The maximum Gasteiger partial charge on any atom is 0.344 e. The molecule has 0 saturated heterocycles. The van der Waals surface area contributed by atoms with Crippen LogP contribution in [0.3, 0.4) is 0 Å². The Morgan fingerprint density at radius 1 is 1.59 bits per heavy atom. The van der Waals surface area contributed by atoms with Crippen LogP contribution in [-0.2, 0) is 11.2 Å². The lowest BCUT2D eigenvalue weighted by atomic mass is 10.00. The molecule has 0 fully saturated rings. The fraction of sp³-hybridized carbons (Fsp3) is 0.273. The molecule has 1 aromatic rings. The number of ether oxygens (including phenoxy) is 1. The highest BCUT2D eigenvalue weighted by Crippen LogP contribution is 2.27. The van der Waals surface area contributed by atoms with Gasteiger partial charge in [-0.3, -0.25) is 10.1 Å². The van der Waals surface area contributed by atoms with Crippen LogP contribution < -0.4 is 0 Å². The summed E-state index contributed by atoms with van der Waals surface area (Å²) in [5, 5.41) is 19.9. The Bertz CT molecular complexity index is 517. The van der Waals surface area contributed by atoms with Gasteiger partial charge in [0.1, 0.15) is 17.2 Å². The fourth-order valence-corrected chi connectivity index (χ4v) is 1.52. The molecule has 0 bridgehead atoms. The Kier molecular flexibility index (Phi) is 3.78. The van der Waals surface area contributed by atoms with Gasteiger partial charge in [0.05, 0.1) is 12.0 Å². The zero-order valence-electron chi connectivity index (χ0n) is 9.39. The monoisotopic (exact) mass is 234 g/mol. The molecular weight excluding hydrogens is 224 g/mol. The van der Waals surface area contributed by atoms with E-state index in [1.54, 1.807) is 13.0 Å². The van der Waals surface area contributed by atoms with Gasteiger partial charge in [-0.05, 0) is 18.1 Å². The molecule has 0 aliphatic heterocycles. The molecule has 0 atom stereocenters. The van der Waals surface area contributed by atoms with Gasteiger partial charge < -0.3 is 4.74 Å². The van der Waals surface area contributed by atoms with Gasteiger partial charge in [0.2, 0.25) is 0 Å². The number of nitro benzene ring substituents is 1. The molecule has 0 aliphatic rings. The van der Waals surface area contributed by atoms with Crippen LogP contribution in [0, 0.1) is 21.4 Å². The van der Waals surface area contributed by atoms with Gasteiger partial charge in [-0.2, -0.15) is 5.26 Å². The number of benzene rings is 1. The van der Waals surface area contributed by atoms with Crippen molar-refractivity contribution < 1.29 is 14.5 Å². The quantitative estimate of drug-likeness (QED) is 0.451. The molecule has 0 unspecified atom stereocenters. The number of hydrogen-bond acceptors (Lipinski definition) is 5. The summed E-state index contributed by atoms with van der Waals surface area (Å²) in [5.74, 6) is -0.823. The van der Waals surface area contributed by atoms with Crippen molar-refractivity contribution in [3.8, 4) is 6.07 Å². The van der Waals surface area contributed by atoms with E-state index in [2.05, 4.69) is 4.74 Å². The predicted molar refractivity (Wildman–Crippen MR) is 58.5 cm³/mol. The number of aryl methyl sites for hydroxylation is 1. The molecule has 0 spiro atoms. The summed E-state index contributed by atoms with van der Waals surface area (Å²) >= 11 is 0. The summed E-state index contributed by atoms with van der Waals surface area (Å²) in [4.78, 5) is 21.6. The van der Waals surface area contributed by atoms with Crippen LogP contribution in [0.25, 0.3) is 0 Å². The van der Waals surface area contributed by atoms with E-state index >= 15 is 0 Å². The van der Waals surface area contributed by atoms with Crippen LogP contribution in [0.15, 0.2) is 12.1 Å². The van der Waals surface area contributed by atoms with Crippen molar-refractivity contribution in [3.63, 3.8) is 0 Å². The molecule has 17 heavy (non-hydrogen) atoms. The van der Waals surface area contributed by atoms with Crippen molar-refractivity contribution in [2.75, 3.05) is 7.11 Å². The number of rotatable bonds is 3. The summed E-state index contributed by atoms with van der Waals surface area (Å²) in [7, 11) is 1.13. The van der Waals surface area contributed by atoms with E-state index in [9.17, 15) is 14.9 Å². The van der Waals surface area contributed by atoms with Crippen molar-refractivity contribution in [1.82, 2.24) is 0 Å². The molecule has 0 heterocycles. The topological polar surface area (TPSA) is 93.2 Å². The van der Waals surface area contributed by atoms with Crippen molar-refractivity contribution in [2.24, 2.45) is 0 Å². The minimum Gasteiger partial charge on any atom is -0.465 e. The van der Waals surface area contributed by atoms with Crippen molar-refractivity contribution in [1.29, 1.82) is 5.26 Å². The van der Waals surface area contributed by atoms with E-state index in [0.717, 1.165) is 7.11 Å². The van der Waals surface area contributed by atoms with Crippen LogP contribution in [0.1, 0.15) is 28.4 Å². The van der Waals surface area contributed by atoms with Crippen LogP contribution >= 0.6 is 0 Å². The van der Waals surface area contributed by atoms with Crippen molar-refractivity contribution >= 4 is 11.7 Å². The maximum absolute atomic E-state index is 11.4. The highest BCUT2D eigenvalue weighted by molar-refractivity contribution is 5.95. The average Bonchev–Trinajstić information content (AvgIpc) is 2.35. The molecule has 0 radical (unpaired) electrons. The number of carbonyl (C=O) groups is 1. The van der Waals surface area contributed by atoms with Gasteiger partial charge in [-0.1, -0.05) is 13.0 Å². The predicted octanol–water partition coefficient (Wildman–Crippen LogP) is 1.82. The number of nitro groups is 1. The molecule has 6 heteroatoms. The average molecular weight is 234 g/mol. The summed E-state index contributed by atoms with van der Waals surface area (Å²) in [6.07, 6.45) is 0.477. The molecule has 1 aromatic carbocycles. The van der Waals surface area contributed by atoms with E-state index < -0.39 is 16.6 Å². The molecular formula is C11H10N2O4. The van der Waals surface area contributed by atoms with Crippen molar-refractivity contribution in [2.45, 2.75) is 13.3 Å². The van der Waals surface area contributed by atoms with Gasteiger partial charge in [-0.15, -0.1) is 0 Å². The first-order valence-electron chi connectivity index (χ1n) is 4.85. The highest BCUT2D eigenvalue weighted by Gasteiger charge is 2.27. The first kappa shape index (κ1) is 12.6. The van der Waals surface area contributed by atoms with Crippen molar-refractivity contribution in [3.05, 3.63) is 38.9 Å². The largest absolute Gasteiger partial charge is 0.465 e. The first-order valence-corrected chi connectivity index (χ1v) is 4.85. The molecule has 1 rings (SSSR count). The molecule has 0 aliphatic carbocycles. The normalized spacial score (nSPS) is 9.47. The van der Waals surface area contributed by atoms with Gasteiger partial charge in [0, 0.05) is 0 Å². The fourth-order valence-electron chi connectivity index (χ4n) is 1.52. The number of esters is 1. The first-order chi connectivity index (χ1) is 8.06. The van der Waals surface area contributed by atoms with Gasteiger partial charge in [-0.25, -0.2) is 4.79 Å². The number of nitrogens with zero attached hydrogens (tertiary/aromatic N) is 2. The zero-order valence-corrected chi connectivity index (χ0v) is 9.39. The standard InChI is InChI=1S/C11H10N2O4/c1-3-7-4-5-8(11(14)17-2)10(13(15)16)9(7)6-12/h4-5H,3H2,1-2H3. The highest BCUT2D eigenvalue weighted by atomic mass is 16.6. The van der Waals surface area contributed by atoms with Crippen LogP contribution in [-0.4, -0.2) is 18.0 Å². The molecule has 0 N–H and O–H groups in total. The number of carbonyl (C=O) groups excluding carboxylic acids is 1. The van der Waals surface area contributed by atoms with E-state index in [1.165, 1.54) is 12.1 Å². The lowest BCUT2D eigenvalue weighted by molar-refractivity contribution is -0.385. The molecule has 0 saturated carbocycles. The minimum absolute atomic E-state index is 0.0830. The van der Waals surface area contributed by atoms with E-state index in [1.807, 2.05) is 0 Å². The Morgan fingerprint density at radius 2 is 2.24 bits per heavy atom. The second-order valence-electron chi connectivity index (χ2n) is 3.21. The summed E-state index contributed by atoms with van der Waals surface area (Å²) in [5.41, 5.74) is -0.239. The zero-order chi connectivity index (χ0) is 13.0. The van der Waals surface area contributed by atoms with Crippen LogP contribution in [0.4, 0.5) is 5.69 Å². The maximum atomic E-state index is 11.4. The number of nitriles is 1. The second kappa shape index (κ2) is 5.07. The molecule has 0 aromatic heterocycles. The summed E-state index contributed by atoms with van der Waals surface area (Å²) in [6, 6.07) is 4.60. The summed E-state index contributed by atoms with van der Waals surface area (Å²) < 4.78 is 4.45. The van der Waals surface area contributed by atoms with Gasteiger partial charge in [0.15, 0.2) is 0 Å². The van der Waals surface area contributed by atoms with Crippen LogP contribution in [0.2, 0.25) is 0 Å².